The van der Waals surface area contributed by atoms with Crippen molar-refractivity contribution >= 4 is 7.82 Å². The van der Waals surface area contributed by atoms with Crippen LogP contribution in [0.1, 0.15) is 16.7 Å². The number of aromatic hydroxyl groups is 3. The first-order valence-electron chi connectivity index (χ1n) is 8.73. The molecule has 0 saturated carbocycles. The summed E-state index contributed by atoms with van der Waals surface area (Å²) in [5, 5.41) is 28.8. The highest BCUT2D eigenvalue weighted by atomic mass is 31.2. The topological polar surface area (TPSA) is 105 Å². The molecule has 0 aliphatic rings. The molecule has 3 aromatic rings. The van der Waals surface area contributed by atoms with E-state index in [0.29, 0.717) is 16.7 Å². The van der Waals surface area contributed by atoms with Crippen LogP contribution < -0.4 is 13.6 Å². The molecule has 0 amide bonds. The van der Waals surface area contributed by atoms with E-state index in [1.54, 1.807) is 20.8 Å². The van der Waals surface area contributed by atoms with Gasteiger partial charge in [-0.3, -0.25) is 0 Å². The molecule has 8 heteroatoms. The zero-order valence-electron chi connectivity index (χ0n) is 16.1. The maximum absolute atomic E-state index is 13.6. The lowest BCUT2D eigenvalue weighted by molar-refractivity contribution is 0.295. The fraction of sp³-hybridized carbons (Fsp3) is 0.143. The molecule has 0 bridgehead atoms. The Morgan fingerprint density at radius 3 is 1.10 bits per heavy atom. The van der Waals surface area contributed by atoms with Gasteiger partial charge in [0.25, 0.3) is 0 Å². The second kappa shape index (κ2) is 7.97. The number of aryl methyl sites for hydroxylation is 3. The summed E-state index contributed by atoms with van der Waals surface area (Å²) >= 11 is 0. The molecule has 0 atom stereocenters. The molecule has 0 spiro atoms. The second-order valence-electron chi connectivity index (χ2n) is 6.57. The molecule has 0 aliphatic heterocycles. The molecule has 0 unspecified atom stereocenters. The van der Waals surface area contributed by atoms with Gasteiger partial charge in [0.2, 0.25) is 0 Å². The summed E-state index contributed by atoms with van der Waals surface area (Å²) < 4.78 is 30.5. The minimum atomic E-state index is -4.26. The largest absolute Gasteiger partial charge is 0.647 e. The van der Waals surface area contributed by atoms with Crippen LogP contribution >= 0.6 is 7.82 Å². The molecule has 0 saturated heterocycles. The summed E-state index contributed by atoms with van der Waals surface area (Å²) in [6.07, 6.45) is 0. The number of hydrogen-bond donors (Lipinski definition) is 3. The quantitative estimate of drug-likeness (QED) is 0.464. The van der Waals surface area contributed by atoms with Gasteiger partial charge >= 0.3 is 7.82 Å². The van der Waals surface area contributed by atoms with Crippen molar-refractivity contribution in [2.75, 3.05) is 0 Å². The van der Waals surface area contributed by atoms with Gasteiger partial charge in [0, 0.05) is 0 Å². The van der Waals surface area contributed by atoms with Gasteiger partial charge in [-0.05, 0) is 92.1 Å². The van der Waals surface area contributed by atoms with Crippen LogP contribution in [0.5, 0.6) is 34.5 Å². The van der Waals surface area contributed by atoms with E-state index in [9.17, 15) is 19.9 Å². The molecular weight excluding hydrogens is 395 g/mol. The van der Waals surface area contributed by atoms with E-state index in [-0.39, 0.29) is 34.5 Å². The van der Waals surface area contributed by atoms with Crippen molar-refractivity contribution in [1.29, 1.82) is 0 Å². The van der Waals surface area contributed by atoms with Crippen molar-refractivity contribution < 1.29 is 33.5 Å². The van der Waals surface area contributed by atoms with Gasteiger partial charge in [-0.25, -0.2) is 0 Å². The lowest BCUT2D eigenvalue weighted by atomic mass is 10.2. The molecule has 7 nitrogen and oxygen atoms in total. The normalized spacial score (nSPS) is 11.1. The second-order valence-corrected chi connectivity index (χ2v) is 8.01. The first-order valence-corrected chi connectivity index (χ1v) is 10.2. The summed E-state index contributed by atoms with van der Waals surface area (Å²) in [4.78, 5) is 0. The van der Waals surface area contributed by atoms with Crippen molar-refractivity contribution in [3.8, 4) is 34.5 Å². The number of hydrogen-bond acceptors (Lipinski definition) is 7. The summed E-state index contributed by atoms with van der Waals surface area (Å²) in [6.45, 7) is 5.03. The van der Waals surface area contributed by atoms with Gasteiger partial charge in [-0.15, -0.1) is 0 Å². The van der Waals surface area contributed by atoms with Crippen molar-refractivity contribution in [2.24, 2.45) is 0 Å². The lowest BCUT2D eigenvalue weighted by Gasteiger charge is -2.22. The molecular formula is C21H21O7P. The number of phosphoric acid groups is 1. The van der Waals surface area contributed by atoms with E-state index in [4.69, 9.17) is 13.6 Å². The maximum Gasteiger partial charge on any atom is 0.647 e. The standard InChI is InChI=1S/C21H21O7P/c1-13-10-16(22)4-7-19(13)26-29(25,27-20-8-5-17(23)11-14(20)2)28-21-9-6-18(24)12-15(21)3/h4-12,22-24H,1-3H3. The highest BCUT2D eigenvalue weighted by Crippen LogP contribution is 2.52. The van der Waals surface area contributed by atoms with E-state index in [1.165, 1.54) is 54.6 Å². The average Bonchev–Trinajstić information content (AvgIpc) is 2.63. The highest BCUT2D eigenvalue weighted by molar-refractivity contribution is 7.49. The molecule has 0 aromatic heterocycles. The van der Waals surface area contributed by atoms with E-state index < -0.39 is 7.82 Å². The fourth-order valence-corrected chi connectivity index (χ4v) is 4.07. The van der Waals surface area contributed by atoms with Crippen LogP contribution in [0, 0.1) is 20.8 Å². The Morgan fingerprint density at radius 2 is 0.862 bits per heavy atom. The first kappa shape index (κ1) is 20.4. The summed E-state index contributed by atoms with van der Waals surface area (Å²) in [5.41, 5.74) is 1.59. The average molecular weight is 416 g/mol. The predicted molar refractivity (Wildman–Crippen MR) is 108 cm³/mol. The van der Waals surface area contributed by atoms with Crippen molar-refractivity contribution in [3.05, 3.63) is 71.3 Å². The lowest BCUT2D eigenvalue weighted by Crippen LogP contribution is -2.09. The molecule has 0 fully saturated rings. The molecule has 3 rings (SSSR count). The predicted octanol–water partition coefficient (Wildman–Crippen LogP) is 5.37. The third-order valence-electron chi connectivity index (χ3n) is 4.11. The zero-order chi connectivity index (χ0) is 21.2. The molecule has 152 valence electrons. The van der Waals surface area contributed by atoms with Crippen LogP contribution in [0.25, 0.3) is 0 Å². The Morgan fingerprint density at radius 1 is 0.586 bits per heavy atom. The minimum Gasteiger partial charge on any atom is -0.508 e. The Labute approximate surface area is 168 Å². The Hall–Kier alpha value is -3.31. The van der Waals surface area contributed by atoms with Crippen LogP contribution in [-0.4, -0.2) is 15.3 Å². The van der Waals surface area contributed by atoms with Gasteiger partial charge in [0.05, 0.1) is 0 Å². The highest BCUT2D eigenvalue weighted by Gasteiger charge is 2.35. The minimum absolute atomic E-state index is 0.0373. The van der Waals surface area contributed by atoms with Gasteiger partial charge in [-0.1, -0.05) is 0 Å². The molecule has 0 radical (unpaired) electrons. The smallest absolute Gasteiger partial charge is 0.508 e. The van der Waals surface area contributed by atoms with Crippen LogP contribution in [0.2, 0.25) is 0 Å². The maximum atomic E-state index is 13.6. The summed E-state index contributed by atoms with van der Waals surface area (Å²) in [6, 6.07) is 12.9. The Kier molecular flexibility index (Phi) is 5.62. The summed E-state index contributed by atoms with van der Waals surface area (Å²) in [7, 11) is -4.26. The number of rotatable bonds is 6. The monoisotopic (exact) mass is 416 g/mol. The van der Waals surface area contributed by atoms with Crippen molar-refractivity contribution in [1.82, 2.24) is 0 Å². The number of phenols is 3. The zero-order valence-corrected chi connectivity index (χ0v) is 17.0. The Balaban J connectivity index is 2.00. The molecule has 29 heavy (non-hydrogen) atoms. The third-order valence-corrected chi connectivity index (χ3v) is 5.37. The third kappa shape index (κ3) is 4.95. The van der Waals surface area contributed by atoms with Crippen LogP contribution in [-0.2, 0) is 4.57 Å². The first-order chi connectivity index (χ1) is 13.6. The van der Waals surface area contributed by atoms with Gasteiger partial charge in [0.1, 0.15) is 34.5 Å². The van der Waals surface area contributed by atoms with Gasteiger partial charge < -0.3 is 28.9 Å². The molecule has 0 aliphatic carbocycles. The van der Waals surface area contributed by atoms with Gasteiger partial charge in [0.15, 0.2) is 0 Å². The van der Waals surface area contributed by atoms with Crippen molar-refractivity contribution in [2.45, 2.75) is 20.8 Å². The molecule has 0 heterocycles. The Bertz CT molecular complexity index is 958. The van der Waals surface area contributed by atoms with Gasteiger partial charge in [-0.2, -0.15) is 4.57 Å². The summed E-state index contributed by atoms with van der Waals surface area (Å²) in [5.74, 6) is 0.734. The van der Waals surface area contributed by atoms with Crippen LogP contribution in [0.3, 0.4) is 0 Å². The number of phosphoric ester groups is 1. The van der Waals surface area contributed by atoms with Crippen LogP contribution in [0.15, 0.2) is 54.6 Å². The number of phenolic OH excluding ortho intramolecular Hbond substituents is 3. The van der Waals surface area contributed by atoms with Crippen LogP contribution in [0.4, 0.5) is 0 Å². The fourth-order valence-electron chi connectivity index (χ4n) is 2.63. The van der Waals surface area contributed by atoms with E-state index in [2.05, 4.69) is 0 Å². The molecule has 3 aromatic carbocycles. The SMILES string of the molecule is Cc1cc(O)ccc1OP(=O)(Oc1ccc(O)cc1C)Oc1ccc(O)cc1C. The van der Waals surface area contributed by atoms with E-state index in [1.807, 2.05) is 0 Å². The van der Waals surface area contributed by atoms with E-state index >= 15 is 0 Å². The van der Waals surface area contributed by atoms with E-state index in [0.717, 1.165) is 0 Å². The molecule has 3 N–H and O–H groups in total. The van der Waals surface area contributed by atoms with Crippen molar-refractivity contribution in [3.63, 3.8) is 0 Å². The number of benzene rings is 3.